The van der Waals surface area contributed by atoms with Crippen molar-refractivity contribution in [3.05, 3.63) is 35.4 Å². The van der Waals surface area contributed by atoms with Crippen molar-refractivity contribution < 1.29 is 9.90 Å². The van der Waals surface area contributed by atoms with Crippen LogP contribution >= 0.6 is 0 Å². The van der Waals surface area contributed by atoms with E-state index in [1.165, 1.54) is 11.1 Å². The first-order valence-corrected chi connectivity index (χ1v) is 4.43. The summed E-state index contributed by atoms with van der Waals surface area (Å²) in [4.78, 5) is 8.78. The molecule has 0 spiro atoms. The first-order chi connectivity index (χ1) is 6.61. The van der Waals surface area contributed by atoms with Crippen LogP contribution in [0.5, 0.6) is 0 Å². The van der Waals surface area contributed by atoms with Crippen LogP contribution in [0.4, 0.5) is 4.79 Å². The molecular weight excluding hydrogens is 180 g/mol. The largest absolute Gasteiger partial charge is 0.465 e. The Hall–Kier alpha value is -1.55. The van der Waals surface area contributed by atoms with Gasteiger partial charge in [0.2, 0.25) is 0 Å². The second-order valence-corrected chi connectivity index (χ2v) is 3.18. The lowest BCUT2D eigenvalue weighted by atomic mass is 10.1. The fourth-order valence-corrected chi connectivity index (χ4v) is 1.59. The molecule has 0 aliphatic heterocycles. The van der Waals surface area contributed by atoms with E-state index in [1.807, 2.05) is 0 Å². The minimum atomic E-state index is -1.33. The average Bonchev–Trinajstić information content (AvgIpc) is 2.48. The van der Waals surface area contributed by atoms with Crippen LogP contribution in [0.15, 0.2) is 24.3 Å². The predicted octanol–water partition coefficient (Wildman–Crippen LogP) is 1.26. The third-order valence-corrected chi connectivity index (χ3v) is 2.18. The fourth-order valence-electron chi connectivity index (χ4n) is 1.59. The third kappa shape index (κ3) is 2.74. The minimum absolute atomic E-state index is 0.302. The Morgan fingerprint density at radius 3 is 2.57 bits per heavy atom. The molecule has 0 saturated carbocycles. The maximum absolute atomic E-state index is 8.78. The van der Waals surface area contributed by atoms with Gasteiger partial charge >= 0.3 is 6.09 Å². The number of hydrogen-bond donors (Lipinski definition) is 3. The van der Waals surface area contributed by atoms with E-state index >= 15 is 0 Å². The van der Waals surface area contributed by atoms with Crippen molar-refractivity contribution in [2.45, 2.75) is 18.9 Å². The molecule has 1 aliphatic rings. The maximum atomic E-state index is 8.78. The van der Waals surface area contributed by atoms with Crippen LogP contribution in [-0.2, 0) is 6.42 Å². The Bertz CT molecular complexity index is 322. The number of amides is 1. The van der Waals surface area contributed by atoms with E-state index in [-0.39, 0.29) is 0 Å². The van der Waals surface area contributed by atoms with Crippen molar-refractivity contribution in [2.75, 3.05) is 0 Å². The number of benzene rings is 1. The summed E-state index contributed by atoms with van der Waals surface area (Å²) in [6, 6.07) is 8.74. The summed E-state index contributed by atoms with van der Waals surface area (Å²) in [7, 11) is 0. The molecule has 4 heteroatoms. The molecule has 14 heavy (non-hydrogen) atoms. The number of hydrogen-bond acceptors (Lipinski definition) is 2. The summed E-state index contributed by atoms with van der Waals surface area (Å²) in [6.45, 7) is 0. The quantitative estimate of drug-likeness (QED) is 0.580. The van der Waals surface area contributed by atoms with Crippen molar-refractivity contribution in [3.8, 4) is 0 Å². The summed E-state index contributed by atoms with van der Waals surface area (Å²) >= 11 is 0. The van der Waals surface area contributed by atoms with Crippen LogP contribution in [0.1, 0.15) is 23.6 Å². The molecule has 0 saturated heterocycles. The van der Waals surface area contributed by atoms with Gasteiger partial charge in [-0.3, -0.25) is 0 Å². The van der Waals surface area contributed by atoms with Gasteiger partial charge in [-0.2, -0.15) is 0 Å². The van der Waals surface area contributed by atoms with Gasteiger partial charge in [0.15, 0.2) is 0 Å². The second kappa shape index (κ2) is 4.62. The van der Waals surface area contributed by atoms with E-state index in [2.05, 4.69) is 30.0 Å². The molecule has 1 aromatic rings. The molecule has 1 aliphatic carbocycles. The van der Waals surface area contributed by atoms with Gasteiger partial charge in [-0.25, -0.2) is 4.79 Å². The van der Waals surface area contributed by atoms with E-state index in [0.717, 1.165) is 12.8 Å². The molecule has 5 N–H and O–H groups in total. The highest BCUT2D eigenvalue weighted by Gasteiger charge is 2.16. The van der Waals surface area contributed by atoms with Crippen LogP contribution in [-0.4, -0.2) is 11.2 Å². The summed E-state index contributed by atoms with van der Waals surface area (Å²) in [5, 5.41) is 7.19. The fraction of sp³-hybridized carbons (Fsp3) is 0.300. The Labute approximate surface area is 82.5 Å². The van der Waals surface area contributed by atoms with Crippen molar-refractivity contribution >= 4 is 6.09 Å². The Morgan fingerprint density at radius 2 is 2.00 bits per heavy atom. The summed E-state index contributed by atoms with van der Waals surface area (Å²) in [6.07, 6.45) is 0.955. The third-order valence-electron chi connectivity index (χ3n) is 2.18. The van der Waals surface area contributed by atoms with Gasteiger partial charge in [-0.05, 0) is 24.0 Å². The number of aryl methyl sites for hydroxylation is 1. The summed E-state index contributed by atoms with van der Waals surface area (Å²) < 4.78 is 0. The van der Waals surface area contributed by atoms with Gasteiger partial charge in [0.1, 0.15) is 0 Å². The SMILES string of the molecule is NC(=O)O.NC1CCc2ccccc21. The van der Waals surface area contributed by atoms with Crippen LogP contribution in [0.25, 0.3) is 0 Å². The minimum Gasteiger partial charge on any atom is -0.465 e. The zero-order chi connectivity index (χ0) is 10.6. The van der Waals surface area contributed by atoms with Gasteiger partial charge < -0.3 is 16.6 Å². The molecule has 1 aromatic carbocycles. The van der Waals surface area contributed by atoms with Crippen LogP contribution in [0.3, 0.4) is 0 Å². The smallest absolute Gasteiger partial charge is 0.402 e. The number of fused-ring (bicyclic) bond motifs is 1. The van der Waals surface area contributed by atoms with Crippen LogP contribution in [0, 0.1) is 0 Å². The summed E-state index contributed by atoms with van der Waals surface area (Å²) in [5.41, 5.74) is 12.7. The molecule has 0 fully saturated rings. The van der Waals surface area contributed by atoms with Gasteiger partial charge in [0.05, 0.1) is 0 Å². The first kappa shape index (κ1) is 10.5. The zero-order valence-corrected chi connectivity index (χ0v) is 7.81. The Morgan fingerprint density at radius 1 is 1.43 bits per heavy atom. The molecule has 0 bridgehead atoms. The van der Waals surface area contributed by atoms with E-state index < -0.39 is 6.09 Å². The van der Waals surface area contributed by atoms with Crippen molar-refractivity contribution in [1.29, 1.82) is 0 Å². The van der Waals surface area contributed by atoms with E-state index in [1.54, 1.807) is 0 Å². The first-order valence-electron chi connectivity index (χ1n) is 4.43. The van der Waals surface area contributed by atoms with Crippen molar-refractivity contribution in [1.82, 2.24) is 0 Å². The number of nitrogens with two attached hydrogens (primary N) is 2. The second-order valence-electron chi connectivity index (χ2n) is 3.18. The Balaban J connectivity index is 0.000000213. The van der Waals surface area contributed by atoms with Gasteiger partial charge in [-0.15, -0.1) is 0 Å². The van der Waals surface area contributed by atoms with Crippen molar-refractivity contribution in [3.63, 3.8) is 0 Å². The Kier molecular flexibility index (Phi) is 3.48. The number of rotatable bonds is 0. The lowest BCUT2D eigenvalue weighted by molar-refractivity contribution is 0.205. The molecule has 0 heterocycles. The standard InChI is InChI=1S/C9H11N.CH3NO2/c10-9-6-5-7-3-1-2-4-8(7)9;2-1(3)4/h1-4,9H,5-6,10H2;2H2,(H,3,4). The van der Waals surface area contributed by atoms with Crippen LogP contribution < -0.4 is 11.5 Å². The lowest BCUT2D eigenvalue weighted by Crippen LogP contribution is -2.04. The molecule has 1 unspecified atom stereocenters. The highest BCUT2D eigenvalue weighted by Crippen LogP contribution is 2.28. The van der Waals surface area contributed by atoms with Gasteiger partial charge in [0, 0.05) is 6.04 Å². The molecule has 0 aromatic heterocycles. The highest BCUT2D eigenvalue weighted by atomic mass is 16.4. The molecule has 0 radical (unpaired) electrons. The molecule has 4 nitrogen and oxygen atoms in total. The highest BCUT2D eigenvalue weighted by molar-refractivity contribution is 5.61. The molecule has 76 valence electrons. The van der Waals surface area contributed by atoms with Gasteiger partial charge in [-0.1, -0.05) is 24.3 Å². The van der Waals surface area contributed by atoms with Crippen molar-refractivity contribution in [2.24, 2.45) is 11.5 Å². The number of carbonyl (C=O) groups is 1. The predicted molar refractivity (Wildman–Crippen MR) is 53.9 cm³/mol. The lowest BCUT2D eigenvalue weighted by Gasteiger charge is -2.01. The number of primary amides is 1. The average molecular weight is 194 g/mol. The van der Waals surface area contributed by atoms with E-state index in [0.29, 0.717) is 6.04 Å². The maximum Gasteiger partial charge on any atom is 0.402 e. The molecule has 2 rings (SSSR count). The monoisotopic (exact) mass is 194 g/mol. The summed E-state index contributed by atoms with van der Waals surface area (Å²) in [5.74, 6) is 0. The topological polar surface area (TPSA) is 89.3 Å². The normalized spacial score (nSPS) is 17.9. The number of carboxylic acid groups (broad SMARTS) is 1. The zero-order valence-electron chi connectivity index (χ0n) is 7.81. The molecule has 1 amide bonds. The van der Waals surface area contributed by atoms with Crippen LogP contribution in [0.2, 0.25) is 0 Å². The van der Waals surface area contributed by atoms with Gasteiger partial charge in [0.25, 0.3) is 0 Å². The van der Waals surface area contributed by atoms with E-state index in [9.17, 15) is 0 Å². The molecular formula is C10H14N2O2. The molecule has 1 atom stereocenters. The van der Waals surface area contributed by atoms with E-state index in [4.69, 9.17) is 15.6 Å².